The Balaban J connectivity index is 2.93. The van der Waals surface area contributed by atoms with Crippen LogP contribution in [0.5, 0.6) is 5.75 Å². The third kappa shape index (κ3) is 1.80. The predicted molar refractivity (Wildman–Crippen MR) is 37.8 cm³/mol. The van der Waals surface area contributed by atoms with Crippen molar-refractivity contribution in [3.63, 3.8) is 0 Å². The van der Waals surface area contributed by atoms with E-state index < -0.39 is 0 Å². The predicted octanol–water partition coefficient (Wildman–Crippen LogP) is 1.09. The average molecular weight is 147 g/mol. The second kappa shape index (κ2) is 3.37. The minimum atomic E-state index is 0.330. The van der Waals surface area contributed by atoms with Gasteiger partial charge in [0, 0.05) is 0 Å². The summed E-state index contributed by atoms with van der Waals surface area (Å²) in [7, 11) is 0. The Bertz CT molecular complexity index is 301. The fraction of sp³-hybridized carbons (Fsp3) is 0. The number of carbonyl (C=O) groups is 1. The highest BCUT2D eigenvalue weighted by Gasteiger charge is 1.93. The van der Waals surface area contributed by atoms with Gasteiger partial charge in [-0.2, -0.15) is 5.26 Å². The molecule has 1 aromatic carbocycles. The molecule has 54 valence electrons. The minimum Gasteiger partial charge on any atom is -0.429 e. The molecule has 1 rings (SSSR count). The topological polar surface area (TPSA) is 50.1 Å². The van der Waals surface area contributed by atoms with Crippen molar-refractivity contribution in [2.45, 2.75) is 0 Å². The van der Waals surface area contributed by atoms with Gasteiger partial charge in [0.1, 0.15) is 5.75 Å². The van der Waals surface area contributed by atoms with Crippen LogP contribution in [0, 0.1) is 11.3 Å². The molecule has 0 saturated carbocycles. The van der Waals surface area contributed by atoms with Crippen LogP contribution in [0.1, 0.15) is 5.56 Å². The molecule has 0 aromatic heterocycles. The summed E-state index contributed by atoms with van der Waals surface area (Å²) in [4.78, 5) is 9.87. The largest absolute Gasteiger partial charge is 0.429 e. The standard InChI is InChI=1S/C8H5NO2/c9-5-7-2-1-3-8(4-7)11-6-10/h1-4,6H. The Labute approximate surface area is 63.8 Å². The van der Waals surface area contributed by atoms with Crippen LogP contribution in [-0.4, -0.2) is 6.47 Å². The normalized spacial score (nSPS) is 8.27. The van der Waals surface area contributed by atoms with E-state index in [1.54, 1.807) is 18.2 Å². The number of benzene rings is 1. The van der Waals surface area contributed by atoms with Crippen molar-refractivity contribution < 1.29 is 9.53 Å². The number of ether oxygens (including phenoxy) is 1. The molecule has 0 N–H and O–H groups in total. The number of nitriles is 1. The molecule has 3 heteroatoms. The lowest BCUT2D eigenvalue weighted by atomic mass is 10.2. The van der Waals surface area contributed by atoms with Crippen molar-refractivity contribution in [1.82, 2.24) is 0 Å². The van der Waals surface area contributed by atoms with Gasteiger partial charge < -0.3 is 4.74 Å². The van der Waals surface area contributed by atoms with Crippen LogP contribution in [0.2, 0.25) is 0 Å². The molecule has 0 spiro atoms. The molecule has 0 aliphatic rings. The summed E-state index contributed by atoms with van der Waals surface area (Å²) in [6.45, 7) is 0.330. The van der Waals surface area contributed by atoms with Crippen molar-refractivity contribution in [2.75, 3.05) is 0 Å². The maximum absolute atomic E-state index is 9.87. The molecule has 3 nitrogen and oxygen atoms in total. The number of hydrogen-bond donors (Lipinski definition) is 0. The van der Waals surface area contributed by atoms with Crippen LogP contribution in [-0.2, 0) is 4.79 Å². The average Bonchev–Trinajstić information content (AvgIpc) is 2.06. The molecule has 11 heavy (non-hydrogen) atoms. The lowest BCUT2D eigenvalue weighted by molar-refractivity contribution is -0.120. The first-order chi connectivity index (χ1) is 5.36. The van der Waals surface area contributed by atoms with Gasteiger partial charge in [0.15, 0.2) is 0 Å². The number of rotatable bonds is 2. The monoisotopic (exact) mass is 147 g/mol. The molecule has 0 amide bonds. The molecule has 0 fully saturated rings. The zero-order valence-electron chi connectivity index (χ0n) is 5.65. The van der Waals surface area contributed by atoms with Crippen molar-refractivity contribution in [3.05, 3.63) is 29.8 Å². The van der Waals surface area contributed by atoms with E-state index in [1.807, 2.05) is 6.07 Å². The maximum atomic E-state index is 9.87. The van der Waals surface area contributed by atoms with Crippen molar-refractivity contribution in [3.8, 4) is 11.8 Å². The summed E-state index contributed by atoms with van der Waals surface area (Å²) >= 11 is 0. The highest BCUT2D eigenvalue weighted by molar-refractivity contribution is 5.47. The third-order valence-corrected chi connectivity index (χ3v) is 1.15. The van der Waals surface area contributed by atoms with Gasteiger partial charge in [0.25, 0.3) is 6.47 Å². The fourth-order valence-corrected chi connectivity index (χ4v) is 0.695. The first-order valence-corrected chi connectivity index (χ1v) is 2.97. The maximum Gasteiger partial charge on any atom is 0.298 e. The zero-order valence-corrected chi connectivity index (χ0v) is 5.65. The molecular weight excluding hydrogens is 142 g/mol. The molecule has 0 aliphatic carbocycles. The summed E-state index contributed by atoms with van der Waals surface area (Å²) < 4.78 is 4.52. The summed E-state index contributed by atoms with van der Waals surface area (Å²) in [5.41, 5.74) is 0.476. The van der Waals surface area contributed by atoms with Gasteiger partial charge in [-0.1, -0.05) is 6.07 Å². The van der Waals surface area contributed by atoms with Gasteiger partial charge >= 0.3 is 0 Å². The lowest BCUT2D eigenvalue weighted by Gasteiger charge is -1.95. The molecule has 0 bridgehead atoms. The Morgan fingerprint density at radius 1 is 1.55 bits per heavy atom. The van der Waals surface area contributed by atoms with Gasteiger partial charge in [-0.05, 0) is 18.2 Å². The van der Waals surface area contributed by atoms with E-state index in [0.29, 0.717) is 17.8 Å². The molecule has 0 atom stereocenters. The summed E-state index contributed by atoms with van der Waals surface area (Å²) in [6.07, 6.45) is 0. The molecule has 0 unspecified atom stereocenters. The summed E-state index contributed by atoms with van der Waals surface area (Å²) in [5.74, 6) is 0.388. The molecule has 0 heterocycles. The van der Waals surface area contributed by atoms with Gasteiger partial charge in [0.2, 0.25) is 0 Å². The number of carbonyl (C=O) groups excluding carboxylic acids is 1. The van der Waals surface area contributed by atoms with E-state index in [2.05, 4.69) is 4.74 Å². The van der Waals surface area contributed by atoms with Gasteiger partial charge in [-0.3, -0.25) is 4.79 Å². The SMILES string of the molecule is N#Cc1cccc(OC=O)c1. The molecule has 1 aromatic rings. The van der Waals surface area contributed by atoms with Gasteiger partial charge in [-0.25, -0.2) is 0 Å². The van der Waals surface area contributed by atoms with Crippen LogP contribution in [0.3, 0.4) is 0 Å². The summed E-state index contributed by atoms with van der Waals surface area (Å²) in [5, 5.41) is 8.44. The smallest absolute Gasteiger partial charge is 0.298 e. The second-order valence-corrected chi connectivity index (χ2v) is 1.85. The Hall–Kier alpha value is -1.82. The Morgan fingerprint density at radius 3 is 3.00 bits per heavy atom. The van der Waals surface area contributed by atoms with E-state index >= 15 is 0 Å². The fourth-order valence-electron chi connectivity index (χ4n) is 0.695. The van der Waals surface area contributed by atoms with E-state index in [9.17, 15) is 4.79 Å². The van der Waals surface area contributed by atoms with E-state index in [1.165, 1.54) is 6.07 Å². The van der Waals surface area contributed by atoms with Crippen molar-refractivity contribution in [1.29, 1.82) is 5.26 Å². The Kier molecular flexibility index (Phi) is 2.24. The van der Waals surface area contributed by atoms with Crippen LogP contribution in [0.4, 0.5) is 0 Å². The first-order valence-electron chi connectivity index (χ1n) is 2.97. The number of nitrogens with zero attached hydrogens (tertiary/aromatic N) is 1. The van der Waals surface area contributed by atoms with Crippen LogP contribution in [0.25, 0.3) is 0 Å². The van der Waals surface area contributed by atoms with Crippen LogP contribution in [0.15, 0.2) is 24.3 Å². The quantitative estimate of drug-likeness (QED) is 0.588. The zero-order chi connectivity index (χ0) is 8.10. The molecule has 0 radical (unpaired) electrons. The van der Waals surface area contributed by atoms with E-state index in [0.717, 1.165) is 0 Å². The van der Waals surface area contributed by atoms with Crippen molar-refractivity contribution in [2.24, 2.45) is 0 Å². The van der Waals surface area contributed by atoms with Gasteiger partial charge in [-0.15, -0.1) is 0 Å². The number of hydrogen-bond acceptors (Lipinski definition) is 3. The third-order valence-electron chi connectivity index (χ3n) is 1.15. The van der Waals surface area contributed by atoms with Crippen LogP contribution < -0.4 is 4.74 Å². The summed E-state index contributed by atoms with van der Waals surface area (Å²) in [6, 6.07) is 8.32. The molecular formula is C8H5NO2. The molecule has 0 saturated heterocycles. The molecule has 0 aliphatic heterocycles. The second-order valence-electron chi connectivity index (χ2n) is 1.85. The highest BCUT2D eigenvalue weighted by Crippen LogP contribution is 2.10. The first kappa shape index (κ1) is 7.29. The van der Waals surface area contributed by atoms with Gasteiger partial charge in [0.05, 0.1) is 11.6 Å². The Morgan fingerprint density at radius 2 is 2.36 bits per heavy atom. The highest BCUT2D eigenvalue weighted by atomic mass is 16.5. The van der Waals surface area contributed by atoms with E-state index in [4.69, 9.17) is 5.26 Å². The lowest BCUT2D eigenvalue weighted by Crippen LogP contribution is -1.87. The van der Waals surface area contributed by atoms with E-state index in [-0.39, 0.29) is 0 Å². The van der Waals surface area contributed by atoms with Crippen molar-refractivity contribution >= 4 is 6.47 Å². The minimum absolute atomic E-state index is 0.330. The van der Waals surface area contributed by atoms with Crippen LogP contribution >= 0.6 is 0 Å².